The molecule has 1 unspecified atom stereocenters. The van der Waals surface area contributed by atoms with E-state index in [4.69, 9.17) is 10.5 Å². The molecule has 166 valence electrons. The summed E-state index contributed by atoms with van der Waals surface area (Å²) in [5, 5.41) is 0. The van der Waals surface area contributed by atoms with Crippen LogP contribution in [0.4, 0.5) is 5.69 Å². The average Bonchev–Trinajstić information content (AvgIpc) is 2.79. The maximum Gasteiger partial charge on any atom is 0.232 e. The van der Waals surface area contributed by atoms with Gasteiger partial charge in [-0.25, -0.2) is 8.42 Å². The van der Waals surface area contributed by atoms with E-state index >= 15 is 0 Å². The van der Waals surface area contributed by atoms with Crippen LogP contribution in [0.5, 0.6) is 5.75 Å². The summed E-state index contributed by atoms with van der Waals surface area (Å²) in [6.07, 6.45) is 2.14. The van der Waals surface area contributed by atoms with Crippen LogP contribution >= 0.6 is 0 Å². The Morgan fingerprint density at radius 3 is 2.22 bits per heavy atom. The number of nitrogens with two attached hydrogens (primary N) is 1. The summed E-state index contributed by atoms with van der Waals surface area (Å²) in [6, 6.07) is 21.8. The quantitative estimate of drug-likeness (QED) is 0.593. The highest BCUT2D eigenvalue weighted by Gasteiger charge is 2.32. The standard InChI is InChI=1S/C25H26N2O4S/c1-32(29,30)27(16-18-8-4-2-5-9-18)24-20-12-14-22(26)25(28)21(20)13-15-23(24)31-17-19-10-6-3-7-11-19/h2-11,13,15,22H,12,14,16-17,26H2,1H3. The van der Waals surface area contributed by atoms with Crippen LogP contribution in [-0.4, -0.2) is 26.5 Å². The van der Waals surface area contributed by atoms with E-state index in [1.807, 2.05) is 60.7 Å². The van der Waals surface area contributed by atoms with Gasteiger partial charge in [-0.2, -0.15) is 0 Å². The number of Topliss-reactive ketones (excluding diaryl/α,β-unsaturated/α-hetero) is 1. The van der Waals surface area contributed by atoms with Gasteiger partial charge in [0.05, 0.1) is 24.5 Å². The third-order valence-electron chi connectivity index (χ3n) is 5.61. The normalized spacial score (nSPS) is 15.8. The van der Waals surface area contributed by atoms with Crippen molar-refractivity contribution in [3.63, 3.8) is 0 Å². The van der Waals surface area contributed by atoms with Crippen LogP contribution in [0, 0.1) is 0 Å². The van der Waals surface area contributed by atoms with Crippen molar-refractivity contribution >= 4 is 21.5 Å². The third kappa shape index (κ3) is 4.69. The molecule has 0 radical (unpaired) electrons. The fourth-order valence-corrected chi connectivity index (χ4v) is 4.88. The van der Waals surface area contributed by atoms with Crippen molar-refractivity contribution in [3.8, 4) is 5.75 Å². The topological polar surface area (TPSA) is 89.7 Å². The molecule has 0 aliphatic heterocycles. The number of fused-ring (bicyclic) bond motifs is 1. The zero-order valence-corrected chi connectivity index (χ0v) is 18.7. The summed E-state index contributed by atoms with van der Waals surface area (Å²) in [5.74, 6) is 0.257. The monoisotopic (exact) mass is 450 g/mol. The van der Waals surface area contributed by atoms with Crippen LogP contribution in [0.25, 0.3) is 0 Å². The predicted octanol–water partition coefficient (Wildman–Crippen LogP) is 3.69. The number of nitrogens with zero attached hydrogens (tertiary/aromatic N) is 1. The number of ether oxygens (including phenoxy) is 1. The van der Waals surface area contributed by atoms with Crippen molar-refractivity contribution in [3.05, 3.63) is 95.1 Å². The number of hydrogen-bond donors (Lipinski definition) is 1. The SMILES string of the molecule is CS(=O)(=O)N(Cc1ccccc1)c1c(OCc2ccccc2)ccc2c1CCC(N)C2=O. The van der Waals surface area contributed by atoms with E-state index in [1.54, 1.807) is 12.1 Å². The van der Waals surface area contributed by atoms with Gasteiger partial charge in [-0.05, 0) is 41.7 Å². The molecule has 0 fully saturated rings. The molecule has 0 heterocycles. The Hall–Kier alpha value is -3.16. The third-order valence-corrected chi connectivity index (χ3v) is 6.72. The van der Waals surface area contributed by atoms with Gasteiger partial charge in [-0.3, -0.25) is 9.10 Å². The van der Waals surface area contributed by atoms with Crippen LogP contribution in [-0.2, 0) is 29.6 Å². The molecule has 0 saturated carbocycles. The van der Waals surface area contributed by atoms with E-state index in [-0.39, 0.29) is 18.9 Å². The summed E-state index contributed by atoms with van der Waals surface area (Å²) in [4.78, 5) is 12.8. The smallest absolute Gasteiger partial charge is 0.232 e. The molecule has 0 spiro atoms. The van der Waals surface area contributed by atoms with Crippen molar-refractivity contribution in [1.82, 2.24) is 0 Å². The Labute approximate surface area is 188 Å². The van der Waals surface area contributed by atoms with Gasteiger partial charge >= 0.3 is 0 Å². The maximum atomic E-state index is 13.0. The number of benzene rings is 3. The highest BCUT2D eigenvalue weighted by atomic mass is 32.2. The lowest BCUT2D eigenvalue weighted by Gasteiger charge is -2.31. The van der Waals surface area contributed by atoms with Crippen molar-refractivity contribution in [2.24, 2.45) is 5.73 Å². The van der Waals surface area contributed by atoms with Crippen molar-refractivity contribution in [2.75, 3.05) is 10.6 Å². The van der Waals surface area contributed by atoms with Gasteiger partial charge in [-0.1, -0.05) is 60.7 Å². The molecule has 3 aromatic rings. The zero-order chi connectivity index (χ0) is 22.7. The second-order valence-electron chi connectivity index (χ2n) is 7.98. The van der Waals surface area contributed by atoms with E-state index in [0.717, 1.165) is 11.1 Å². The molecule has 4 rings (SSSR count). The second-order valence-corrected chi connectivity index (χ2v) is 9.88. The molecule has 32 heavy (non-hydrogen) atoms. The van der Waals surface area contributed by atoms with Crippen molar-refractivity contribution in [1.29, 1.82) is 0 Å². The zero-order valence-electron chi connectivity index (χ0n) is 17.9. The number of ketones is 1. The molecular formula is C25H26N2O4S. The van der Waals surface area contributed by atoms with Gasteiger partial charge in [0.15, 0.2) is 5.78 Å². The van der Waals surface area contributed by atoms with Gasteiger partial charge in [-0.15, -0.1) is 0 Å². The van der Waals surface area contributed by atoms with E-state index in [2.05, 4.69) is 0 Å². The first kappa shape index (κ1) is 22.0. The molecule has 3 aromatic carbocycles. The van der Waals surface area contributed by atoms with E-state index in [9.17, 15) is 13.2 Å². The van der Waals surface area contributed by atoms with Crippen LogP contribution in [0.2, 0.25) is 0 Å². The molecule has 0 amide bonds. The van der Waals surface area contributed by atoms with Crippen LogP contribution in [0.3, 0.4) is 0 Å². The lowest BCUT2D eigenvalue weighted by molar-refractivity contribution is 0.0948. The molecule has 7 heteroatoms. The van der Waals surface area contributed by atoms with Crippen LogP contribution in [0.15, 0.2) is 72.8 Å². The first-order valence-corrected chi connectivity index (χ1v) is 12.3. The summed E-state index contributed by atoms with van der Waals surface area (Å²) >= 11 is 0. The molecule has 1 aliphatic carbocycles. The number of anilines is 1. The average molecular weight is 451 g/mol. The Bertz CT molecular complexity index is 1210. The maximum absolute atomic E-state index is 13.0. The minimum absolute atomic E-state index is 0.137. The number of carbonyl (C=O) groups excluding carboxylic acids is 1. The van der Waals surface area contributed by atoms with E-state index in [0.29, 0.717) is 35.4 Å². The molecule has 0 aromatic heterocycles. The number of sulfonamides is 1. The Balaban J connectivity index is 1.82. The Morgan fingerprint density at radius 2 is 1.59 bits per heavy atom. The van der Waals surface area contributed by atoms with Crippen LogP contribution in [0.1, 0.15) is 33.5 Å². The fraction of sp³-hybridized carbons (Fsp3) is 0.240. The molecule has 0 bridgehead atoms. The predicted molar refractivity (Wildman–Crippen MR) is 125 cm³/mol. The largest absolute Gasteiger partial charge is 0.487 e. The summed E-state index contributed by atoms with van der Waals surface area (Å²) in [6.45, 7) is 0.418. The van der Waals surface area contributed by atoms with Gasteiger partial charge in [0.1, 0.15) is 12.4 Å². The van der Waals surface area contributed by atoms with Gasteiger partial charge < -0.3 is 10.5 Å². The van der Waals surface area contributed by atoms with Gasteiger partial charge in [0.2, 0.25) is 10.0 Å². The Kier molecular flexibility index (Phi) is 6.30. The molecule has 0 saturated heterocycles. The fourth-order valence-electron chi connectivity index (χ4n) is 3.97. The van der Waals surface area contributed by atoms with Crippen molar-refractivity contribution in [2.45, 2.75) is 32.0 Å². The van der Waals surface area contributed by atoms with Crippen molar-refractivity contribution < 1.29 is 17.9 Å². The number of rotatable bonds is 7. The summed E-state index contributed by atoms with van der Waals surface area (Å²) < 4.78 is 33.4. The molecular weight excluding hydrogens is 424 g/mol. The highest BCUT2D eigenvalue weighted by molar-refractivity contribution is 7.92. The molecule has 1 atom stereocenters. The summed E-state index contributed by atoms with van der Waals surface area (Å²) in [5.41, 5.74) is 9.34. The second kappa shape index (κ2) is 9.14. The minimum atomic E-state index is -3.68. The lowest BCUT2D eigenvalue weighted by Crippen LogP contribution is -2.37. The lowest BCUT2D eigenvalue weighted by atomic mass is 9.86. The van der Waals surface area contributed by atoms with E-state index in [1.165, 1.54) is 10.6 Å². The first-order valence-electron chi connectivity index (χ1n) is 10.5. The molecule has 2 N–H and O–H groups in total. The number of carbonyl (C=O) groups is 1. The van der Waals surface area contributed by atoms with Gasteiger partial charge in [0, 0.05) is 5.56 Å². The summed E-state index contributed by atoms with van der Waals surface area (Å²) in [7, 11) is -3.68. The number of hydrogen-bond acceptors (Lipinski definition) is 5. The molecule has 6 nitrogen and oxygen atoms in total. The van der Waals surface area contributed by atoms with Crippen LogP contribution < -0.4 is 14.8 Å². The Morgan fingerprint density at radius 1 is 0.969 bits per heavy atom. The molecule has 1 aliphatic rings. The first-order chi connectivity index (χ1) is 15.3. The minimum Gasteiger partial charge on any atom is -0.487 e. The van der Waals surface area contributed by atoms with E-state index < -0.39 is 16.1 Å². The highest BCUT2D eigenvalue weighted by Crippen LogP contribution is 2.40. The van der Waals surface area contributed by atoms with Gasteiger partial charge in [0.25, 0.3) is 0 Å².